The van der Waals surface area contributed by atoms with E-state index >= 15 is 0 Å². The van der Waals surface area contributed by atoms with Crippen molar-refractivity contribution in [2.75, 3.05) is 31.1 Å². The van der Waals surface area contributed by atoms with Crippen LogP contribution in [0.15, 0.2) is 66.7 Å². The van der Waals surface area contributed by atoms with Gasteiger partial charge in [-0.2, -0.15) is 0 Å². The molecule has 4 rings (SSSR count). The zero-order valence-corrected chi connectivity index (χ0v) is 17.0. The molecule has 1 amide bonds. The van der Waals surface area contributed by atoms with Crippen molar-refractivity contribution in [3.8, 4) is 0 Å². The van der Waals surface area contributed by atoms with E-state index in [9.17, 15) is 9.59 Å². The van der Waals surface area contributed by atoms with E-state index in [0.717, 1.165) is 47.1 Å². The van der Waals surface area contributed by atoms with E-state index in [4.69, 9.17) is 5.11 Å². The maximum absolute atomic E-state index is 13.0. The lowest BCUT2D eigenvalue weighted by Crippen LogP contribution is -2.48. The van der Waals surface area contributed by atoms with Crippen molar-refractivity contribution in [3.05, 3.63) is 77.9 Å². The predicted octanol–water partition coefficient (Wildman–Crippen LogP) is 4.21. The molecule has 3 aromatic carbocycles. The van der Waals surface area contributed by atoms with Gasteiger partial charge in [0.05, 0.1) is 0 Å². The summed E-state index contributed by atoms with van der Waals surface area (Å²) in [5, 5.41) is 11.0. The maximum atomic E-state index is 13.0. The Hall–Kier alpha value is -3.34. The van der Waals surface area contributed by atoms with Crippen molar-refractivity contribution in [2.24, 2.45) is 0 Å². The molecule has 1 N–H and O–H groups in total. The molecule has 0 unspecified atom stereocenters. The van der Waals surface area contributed by atoms with Crippen LogP contribution in [0.25, 0.3) is 10.8 Å². The van der Waals surface area contributed by atoms with Gasteiger partial charge in [0.2, 0.25) is 0 Å². The number of anilines is 1. The molecule has 30 heavy (non-hydrogen) atoms. The molecule has 5 heteroatoms. The monoisotopic (exact) mass is 402 g/mol. The Morgan fingerprint density at radius 3 is 2.37 bits per heavy atom. The van der Waals surface area contributed by atoms with Crippen molar-refractivity contribution >= 4 is 28.3 Å². The highest BCUT2D eigenvalue weighted by atomic mass is 16.4. The molecule has 1 aliphatic rings. The predicted molar refractivity (Wildman–Crippen MR) is 119 cm³/mol. The molecular formula is C25H26N2O3. The summed E-state index contributed by atoms with van der Waals surface area (Å²) < 4.78 is 0. The molecule has 5 nitrogen and oxygen atoms in total. The number of aryl methyl sites for hydroxylation is 1. The Balaban J connectivity index is 1.37. The zero-order chi connectivity index (χ0) is 20.9. The highest BCUT2D eigenvalue weighted by molar-refractivity contribution is 5.98. The van der Waals surface area contributed by atoms with Gasteiger partial charge >= 0.3 is 5.97 Å². The number of piperazine rings is 1. The summed E-state index contributed by atoms with van der Waals surface area (Å²) in [5.41, 5.74) is 3.03. The lowest BCUT2D eigenvalue weighted by molar-refractivity contribution is -0.137. The molecule has 1 fully saturated rings. The highest BCUT2D eigenvalue weighted by Crippen LogP contribution is 2.21. The number of hydrogen-bond donors (Lipinski definition) is 1. The van der Waals surface area contributed by atoms with Gasteiger partial charge in [-0.1, -0.05) is 42.5 Å². The summed E-state index contributed by atoms with van der Waals surface area (Å²) in [6.07, 6.45) is 1.60. The van der Waals surface area contributed by atoms with Crippen LogP contribution in [0.3, 0.4) is 0 Å². The molecule has 1 heterocycles. The van der Waals surface area contributed by atoms with Gasteiger partial charge in [0.1, 0.15) is 0 Å². The minimum Gasteiger partial charge on any atom is -0.481 e. The number of carboxylic acid groups (broad SMARTS) is 1. The van der Waals surface area contributed by atoms with Gasteiger partial charge in [0.15, 0.2) is 0 Å². The highest BCUT2D eigenvalue weighted by Gasteiger charge is 2.22. The summed E-state index contributed by atoms with van der Waals surface area (Å²) in [7, 11) is 0. The normalized spacial score (nSPS) is 14.1. The number of nitrogens with zero attached hydrogens (tertiary/aromatic N) is 2. The molecule has 0 bridgehead atoms. The number of rotatable bonds is 6. The SMILES string of the molecule is O=C(O)CCCc1cccc(N2CCN(C(=O)c3ccc4ccccc4c3)CC2)c1. The molecule has 154 valence electrons. The Morgan fingerprint density at radius 2 is 1.60 bits per heavy atom. The first kappa shape index (κ1) is 20.0. The van der Waals surface area contributed by atoms with Crippen molar-refractivity contribution in [3.63, 3.8) is 0 Å². The number of carboxylic acids is 1. The number of fused-ring (bicyclic) bond motifs is 1. The third-order valence-electron chi connectivity index (χ3n) is 5.70. The van der Waals surface area contributed by atoms with E-state index in [1.165, 1.54) is 0 Å². The number of aliphatic carboxylic acids is 1. The molecule has 0 aromatic heterocycles. The third kappa shape index (κ3) is 4.62. The molecule has 1 saturated heterocycles. The number of hydrogen-bond acceptors (Lipinski definition) is 3. The third-order valence-corrected chi connectivity index (χ3v) is 5.70. The van der Waals surface area contributed by atoms with E-state index in [2.05, 4.69) is 23.1 Å². The van der Waals surface area contributed by atoms with Gasteiger partial charge in [-0.05, 0) is 53.4 Å². The Kier molecular flexibility index (Phi) is 5.98. The second kappa shape index (κ2) is 8.99. The van der Waals surface area contributed by atoms with Crippen LogP contribution in [0.1, 0.15) is 28.8 Å². The maximum Gasteiger partial charge on any atom is 0.303 e. The van der Waals surface area contributed by atoms with Crippen LogP contribution in [0.4, 0.5) is 5.69 Å². The molecule has 0 radical (unpaired) electrons. The smallest absolute Gasteiger partial charge is 0.303 e. The van der Waals surface area contributed by atoms with Gasteiger partial charge in [-0.15, -0.1) is 0 Å². The Bertz CT molecular complexity index is 1050. The first-order valence-corrected chi connectivity index (χ1v) is 10.4. The Labute approximate surface area is 176 Å². The minimum absolute atomic E-state index is 0.0859. The van der Waals surface area contributed by atoms with Crippen LogP contribution >= 0.6 is 0 Å². The molecule has 0 saturated carbocycles. The van der Waals surface area contributed by atoms with E-state index in [1.54, 1.807) is 0 Å². The summed E-state index contributed by atoms with van der Waals surface area (Å²) in [5.74, 6) is -0.666. The topological polar surface area (TPSA) is 60.9 Å². The minimum atomic E-state index is -0.752. The van der Waals surface area contributed by atoms with E-state index in [0.29, 0.717) is 19.5 Å². The van der Waals surface area contributed by atoms with Gasteiger partial charge < -0.3 is 14.9 Å². The standard InChI is InChI=1S/C25H26N2O3/c28-24(29)10-4-6-19-5-3-9-23(17-19)26-13-15-27(16-14-26)25(30)22-12-11-20-7-1-2-8-21(20)18-22/h1-3,5,7-9,11-12,17-18H,4,6,10,13-16H2,(H,28,29). The average Bonchev–Trinajstić information content (AvgIpc) is 2.78. The summed E-state index contributed by atoms with van der Waals surface area (Å²) in [6.45, 7) is 2.96. The molecule has 0 spiro atoms. The molecule has 1 aliphatic heterocycles. The number of amides is 1. The Morgan fingerprint density at radius 1 is 0.833 bits per heavy atom. The summed E-state index contributed by atoms with van der Waals surface area (Å²) in [4.78, 5) is 27.9. The van der Waals surface area contributed by atoms with Gasteiger partial charge in [0.25, 0.3) is 5.91 Å². The fourth-order valence-electron chi connectivity index (χ4n) is 4.03. The van der Waals surface area contributed by atoms with Crippen LogP contribution < -0.4 is 4.90 Å². The van der Waals surface area contributed by atoms with Gasteiger partial charge in [0, 0.05) is 43.9 Å². The van der Waals surface area contributed by atoms with Crippen LogP contribution in [0.2, 0.25) is 0 Å². The van der Waals surface area contributed by atoms with Crippen LogP contribution in [0.5, 0.6) is 0 Å². The van der Waals surface area contributed by atoms with Crippen LogP contribution in [0, 0.1) is 0 Å². The van der Waals surface area contributed by atoms with Crippen LogP contribution in [-0.2, 0) is 11.2 Å². The van der Waals surface area contributed by atoms with Crippen molar-refractivity contribution in [2.45, 2.75) is 19.3 Å². The number of carbonyl (C=O) groups is 2. The summed E-state index contributed by atoms with van der Waals surface area (Å²) in [6, 6.07) is 22.3. The van der Waals surface area contributed by atoms with Crippen LogP contribution in [-0.4, -0.2) is 48.1 Å². The lowest BCUT2D eigenvalue weighted by atomic mass is 10.1. The second-order valence-electron chi connectivity index (χ2n) is 7.76. The van der Waals surface area contributed by atoms with Crippen molar-refractivity contribution in [1.29, 1.82) is 0 Å². The van der Waals surface area contributed by atoms with E-state index < -0.39 is 5.97 Å². The quantitative estimate of drug-likeness (QED) is 0.671. The number of benzene rings is 3. The second-order valence-corrected chi connectivity index (χ2v) is 7.76. The molecule has 0 atom stereocenters. The zero-order valence-electron chi connectivity index (χ0n) is 17.0. The van der Waals surface area contributed by atoms with Gasteiger partial charge in [-0.3, -0.25) is 9.59 Å². The first-order chi connectivity index (χ1) is 14.6. The van der Waals surface area contributed by atoms with Crippen molar-refractivity contribution < 1.29 is 14.7 Å². The van der Waals surface area contributed by atoms with E-state index in [-0.39, 0.29) is 12.3 Å². The fourth-order valence-corrected chi connectivity index (χ4v) is 4.03. The molecule has 0 aliphatic carbocycles. The molecule has 3 aromatic rings. The number of carbonyl (C=O) groups excluding carboxylic acids is 1. The lowest BCUT2D eigenvalue weighted by Gasteiger charge is -2.36. The van der Waals surface area contributed by atoms with Gasteiger partial charge in [-0.25, -0.2) is 0 Å². The fraction of sp³-hybridized carbons (Fsp3) is 0.280. The average molecular weight is 402 g/mol. The van der Waals surface area contributed by atoms with Crippen molar-refractivity contribution in [1.82, 2.24) is 4.90 Å². The molecular weight excluding hydrogens is 376 g/mol. The summed E-state index contributed by atoms with van der Waals surface area (Å²) >= 11 is 0. The van der Waals surface area contributed by atoms with E-state index in [1.807, 2.05) is 53.4 Å². The largest absolute Gasteiger partial charge is 0.481 e. The first-order valence-electron chi connectivity index (χ1n) is 10.4.